The van der Waals surface area contributed by atoms with Crippen molar-refractivity contribution in [1.29, 1.82) is 0 Å². The number of nitrogens with zero attached hydrogens (tertiary/aromatic N) is 3. The highest BCUT2D eigenvalue weighted by molar-refractivity contribution is 8.00. The summed E-state index contributed by atoms with van der Waals surface area (Å²) in [5.74, 6) is 2.08. The summed E-state index contributed by atoms with van der Waals surface area (Å²) >= 11 is 7.51. The maximum absolute atomic E-state index is 12.8. The molecule has 2 aromatic heterocycles. The van der Waals surface area contributed by atoms with Gasteiger partial charge in [-0.2, -0.15) is 4.98 Å². The fourth-order valence-electron chi connectivity index (χ4n) is 3.98. The van der Waals surface area contributed by atoms with E-state index in [9.17, 15) is 9.90 Å². The monoisotopic (exact) mass is 534 g/mol. The smallest absolute Gasteiger partial charge is 0.234 e. The molecule has 2 N–H and O–H groups in total. The number of hydrogen-bond acceptors (Lipinski definition) is 8. The third-order valence-corrected chi connectivity index (χ3v) is 7.11. The average molecular weight is 535 g/mol. The van der Waals surface area contributed by atoms with Gasteiger partial charge in [-0.05, 0) is 43.3 Å². The number of fused-ring (bicyclic) bond motifs is 2. The number of aryl methyl sites for hydroxylation is 1. The van der Waals surface area contributed by atoms with Crippen molar-refractivity contribution in [2.45, 2.75) is 25.0 Å². The van der Waals surface area contributed by atoms with Crippen molar-refractivity contribution in [2.24, 2.45) is 0 Å². The van der Waals surface area contributed by atoms with E-state index in [4.69, 9.17) is 26.1 Å². The van der Waals surface area contributed by atoms with Crippen molar-refractivity contribution < 1.29 is 19.4 Å². The van der Waals surface area contributed by atoms with Gasteiger partial charge < -0.3 is 19.9 Å². The Morgan fingerprint density at radius 3 is 2.73 bits per heavy atom. The van der Waals surface area contributed by atoms with Gasteiger partial charge in [-0.1, -0.05) is 35.5 Å². The van der Waals surface area contributed by atoms with Gasteiger partial charge in [0.05, 0.1) is 30.7 Å². The van der Waals surface area contributed by atoms with Crippen LogP contribution in [0, 0.1) is 6.92 Å². The van der Waals surface area contributed by atoms with Gasteiger partial charge in [-0.3, -0.25) is 9.78 Å². The summed E-state index contributed by atoms with van der Waals surface area (Å²) in [6, 6.07) is 14.4. The topological polar surface area (TPSA) is 106 Å². The van der Waals surface area contributed by atoms with Crippen LogP contribution in [0.2, 0.25) is 5.02 Å². The molecule has 0 fully saturated rings. The number of benzene rings is 2. The molecular weight excluding hydrogens is 512 g/mol. The molecule has 188 valence electrons. The van der Waals surface area contributed by atoms with E-state index in [2.05, 4.69) is 15.3 Å². The van der Waals surface area contributed by atoms with Crippen molar-refractivity contribution in [3.8, 4) is 28.8 Å². The highest BCUT2D eigenvalue weighted by Gasteiger charge is 2.28. The Balaban J connectivity index is 1.47. The molecule has 0 unspecified atom stereocenters. The first kappa shape index (κ1) is 25.0. The number of amides is 1. The van der Waals surface area contributed by atoms with Crippen molar-refractivity contribution >= 4 is 35.0 Å². The van der Waals surface area contributed by atoms with Gasteiger partial charge >= 0.3 is 0 Å². The van der Waals surface area contributed by atoms with Crippen LogP contribution in [0.15, 0.2) is 59.8 Å². The number of pyridine rings is 1. The minimum atomic E-state index is -0.181. The number of aliphatic hydroxyl groups is 1. The largest absolute Gasteiger partial charge is 0.497 e. The van der Waals surface area contributed by atoms with Crippen molar-refractivity contribution in [3.63, 3.8) is 0 Å². The minimum absolute atomic E-state index is 0.125. The quantitative estimate of drug-likeness (QED) is 0.210. The third kappa shape index (κ3) is 5.39. The van der Waals surface area contributed by atoms with E-state index in [1.807, 2.05) is 19.1 Å². The molecule has 0 saturated heterocycles. The number of aromatic nitrogens is 3. The molecule has 0 aliphatic carbocycles. The van der Waals surface area contributed by atoms with Gasteiger partial charge in [0.2, 0.25) is 11.8 Å². The summed E-state index contributed by atoms with van der Waals surface area (Å²) in [6.07, 6.45) is 2.10. The van der Waals surface area contributed by atoms with Gasteiger partial charge in [-0.25, -0.2) is 4.98 Å². The summed E-state index contributed by atoms with van der Waals surface area (Å²) in [7, 11) is 1.59. The second kappa shape index (κ2) is 10.8. The summed E-state index contributed by atoms with van der Waals surface area (Å²) in [6.45, 7) is 1.69. The SMILES string of the molecule is COc1ccc(NC(=O)CSc2nc(-c3cccc(Cl)c3)nc3c2Cc2c(CO)cnc(C)c2O3)cc1. The van der Waals surface area contributed by atoms with Gasteiger partial charge in [0.1, 0.15) is 10.8 Å². The normalized spacial score (nSPS) is 11.8. The zero-order valence-electron chi connectivity index (χ0n) is 20.1. The molecule has 0 atom stereocenters. The summed E-state index contributed by atoms with van der Waals surface area (Å²) in [5.41, 5.74) is 4.37. The lowest BCUT2D eigenvalue weighted by molar-refractivity contribution is -0.113. The van der Waals surface area contributed by atoms with Crippen LogP contribution >= 0.6 is 23.4 Å². The van der Waals surface area contributed by atoms with E-state index in [0.29, 0.717) is 56.6 Å². The molecule has 5 rings (SSSR count). The lowest BCUT2D eigenvalue weighted by Gasteiger charge is -2.24. The van der Waals surface area contributed by atoms with E-state index in [-0.39, 0.29) is 18.3 Å². The molecule has 0 saturated carbocycles. The van der Waals surface area contributed by atoms with Crippen LogP contribution in [0.5, 0.6) is 17.4 Å². The Morgan fingerprint density at radius 2 is 2.00 bits per heavy atom. The predicted molar refractivity (Wildman–Crippen MR) is 143 cm³/mol. The first-order valence-electron chi connectivity index (χ1n) is 11.4. The standard InChI is InChI=1S/C27H23ClN4O4S/c1-15-24-21(17(13-33)12-29-15)11-22-26(36-24)31-25(16-4-3-5-18(28)10-16)32-27(22)37-14-23(34)30-19-6-8-20(35-2)9-7-19/h3-10,12,33H,11,13-14H2,1-2H3,(H,30,34). The second-order valence-electron chi connectivity index (χ2n) is 8.33. The Kier molecular flexibility index (Phi) is 7.27. The zero-order chi connectivity index (χ0) is 25.9. The number of rotatable bonds is 7. The van der Waals surface area contributed by atoms with E-state index >= 15 is 0 Å². The molecule has 37 heavy (non-hydrogen) atoms. The average Bonchev–Trinajstić information content (AvgIpc) is 2.91. The number of methoxy groups -OCH3 is 1. The number of carbonyl (C=O) groups is 1. The maximum atomic E-state index is 12.8. The van der Waals surface area contributed by atoms with Gasteiger partial charge in [-0.15, -0.1) is 0 Å². The van der Waals surface area contributed by atoms with Crippen LogP contribution in [-0.4, -0.2) is 38.8 Å². The lowest BCUT2D eigenvalue weighted by Crippen LogP contribution is -2.16. The highest BCUT2D eigenvalue weighted by Crippen LogP contribution is 2.42. The molecule has 4 aromatic rings. The van der Waals surface area contributed by atoms with Crippen LogP contribution < -0.4 is 14.8 Å². The first-order valence-corrected chi connectivity index (χ1v) is 12.8. The Hall–Kier alpha value is -3.66. The van der Waals surface area contributed by atoms with Crippen LogP contribution in [0.4, 0.5) is 5.69 Å². The Morgan fingerprint density at radius 1 is 1.19 bits per heavy atom. The predicted octanol–water partition coefficient (Wildman–Crippen LogP) is 5.43. The number of halogens is 1. The molecule has 10 heteroatoms. The van der Waals surface area contributed by atoms with E-state index in [1.165, 1.54) is 11.8 Å². The molecular formula is C27H23ClN4O4S. The Labute approximate surface area is 223 Å². The maximum Gasteiger partial charge on any atom is 0.234 e. The number of thioether (sulfide) groups is 1. The summed E-state index contributed by atoms with van der Waals surface area (Å²) < 4.78 is 11.4. The van der Waals surface area contributed by atoms with E-state index in [1.54, 1.807) is 49.7 Å². The second-order valence-corrected chi connectivity index (χ2v) is 9.73. The number of aliphatic hydroxyl groups excluding tert-OH is 1. The molecule has 3 heterocycles. The Bertz CT molecular complexity index is 1480. The highest BCUT2D eigenvalue weighted by atomic mass is 35.5. The van der Waals surface area contributed by atoms with Gasteiger partial charge in [0.15, 0.2) is 11.6 Å². The molecule has 2 aromatic carbocycles. The molecule has 0 spiro atoms. The zero-order valence-corrected chi connectivity index (χ0v) is 21.7. The number of nitrogens with one attached hydrogen (secondary N) is 1. The number of anilines is 1. The third-order valence-electron chi connectivity index (χ3n) is 5.85. The van der Waals surface area contributed by atoms with Crippen molar-refractivity contribution in [2.75, 3.05) is 18.2 Å². The fourth-order valence-corrected chi connectivity index (χ4v) is 4.99. The molecule has 0 radical (unpaired) electrons. The minimum Gasteiger partial charge on any atom is -0.497 e. The van der Waals surface area contributed by atoms with Crippen molar-refractivity contribution in [1.82, 2.24) is 15.0 Å². The molecule has 0 bridgehead atoms. The number of hydrogen-bond donors (Lipinski definition) is 2. The molecule has 1 aliphatic heterocycles. The molecule has 8 nitrogen and oxygen atoms in total. The molecule has 1 amide bonds. The van der Waals surface area contributed by atoms with Gasteiger partial charge in [0, 0.05) is 40.0 Å². The van der Waals surface area contributed by atoms with Crippen LogP contribution in [0.1, 0.15) is 22.4 Å². The number of carbonyl (C=O) groups excluding carboxylic acids is 1. The fraction of sp³-hybridized carbons (Fsp3) is 0.185. The van der Waals surface area contributed by atoms with Crippen molar-refractivity contribution in [3.05, 3.63) is 82.1 Å². The van der Waals surface area contributed by atoms with E-state index < -0.39 is 0 Å². The summed E-state index contributed by atoms with van der Waals surface area (Å²) in [5, 5.41) is 13.9. The summed E-state index contributed by atoms with van der Waals surface area (Å²) in [4.78, 5) is 26.6. The lowest BCUT2D eigenvalue weighted by atomic mass is 9.99. The van der Waals surface area contributed by atoms with Crippen LogP contribution in [0.3, 0.4) is 0 Å². The van der Waals surface area contributed by atoms with E-state index in [0.717, 1.165) is 16.7 Å². The number of ether oxygens (including phenoxy) is 2. The van der Waals surface area contributed by atoms with Gasteiger partial charge in [0.25, 0.3) is 0 Å². The van der Waals surface area contributed by atoms with Crippen LogP contribution in [0.25, 0.3) is 11.4 Å². The first-order chi connectivity index (χ1) is 17.9. The molecule has 1 aliphatic rings. The van der Waals surface area contributed by atoms with Crippen LogP contribution in [-0.2, 0) is 17.8 Å².